The zero-order valence-corrected chi connectivity index (χ0v) is 15.8. The maximum atomic E-state index is 13.1. The molecule has 0 saturated carbocycles. The molecule has 2 aromatic rings. The number of fused-ring (bicyclic) bond motifs is 1. The van der Waals surface area contributed by atoms with Crippen molar-refractivity contribution in [2.24, 2.45) is 10.7 Å². The quantitative estimate of drug-likeness (QED) is 0.651. The SMILES string of the molecule is NC(=NCc1ccc2c(c1)OCCCO2)N1CCN(c2ccc(F)cc2)CC1. The molecule has 0 aliphatic carbocycles. The Bertz CT molecular complexity index is 833. The van der Waals surface area contributed by atoms with Gasteiger partial charge in [0.15, 0.2) is 17.5 Å². The molecule has 0 spiro atoms. The van der Waals surface area contributed by atoms with Crippen LogP contribution in [0.2, 0.25) is 0 Å². The number of rotatable bonds is 3. The smallest absolute Gasteiger partial charge is 0.191 e. The van der Waals surface area contributed by atoms with Crippen LogP contribution in [0.4, 0.5) is 10.1 Å². The van der Waals surface area contributed by atoms with Gasteiger partial charge in [-0.1, -0.05) is 6.07 Å². The van der Waals surface area contributed by atoms with Crippen LogP contribution in [0.5, 0.6) is 11.5 Å². The zero-order valence-electron chi connectivity index (χ0n) is 15.8. The first-order valence-corrected chi connectivity index (χ1v) is 9.63. The normalized spacial score (nSPS) is 17.4. The van der Waals surface area contributed by atoms with E-state index in [9.17, 15) is 4.39 Å². The summed E-state index contributed by atoms with van der Waals surface area (Å²) >= 11 is 0. The Morgan fingerprint density at radius 3 is 2.43 bits per heavy atom. The van der Waals surface area contributed by atoms with Gasteiger partial charge in [0, 0.05) is 38.3 Å². The van der Waals surface area contributed by atoms with E-state index in [4.69, 9.17) is 15.2 Å². The highest BCUT2D eigenvalue weighted by Crippen LogP contribution is 2.30. The van der Waals surface area contributed by atoms with Gasteiger partial charge in [0.1, 0.15) is 5.82 Å². The van der Waals surface area contributed by atoms with Crippen molar-refractivity contribution < 1.29 is 13.9 Å². The fourth-order valence-electron chi connectivity index (χ4n) is 3.42. The lowest BCUT2D eigenvalue weighted by atomic mass is 10.2. The molecule has 2 heterocycles. The van der Waals surface area contributed by atoms with Gasteiger partial charge >= 0.3 is 0 Å². The van der Waals surface area contributed by atoms with Crippen molar-refractivity contribution in [1.29, 1.82) is 0 Å². The summed E-state index contributed by atoms with van der Waals surface area (Å²) in [5, 5.41) is 0. The Morgan fingerprint density at radius 2 is 1.68 bits per heavy atom. The molecule has 2 aliphatic heterocycles. The molecule has 7 heteroatoms. The predicted octanol–water partition coefficient (Wildman–Crippen LogP) is 2.62. The molecule has 0 unspecified atom stereocenters. The molecule has 1 fully saturated rings. The standard InChI is InChI=1S/C21H25FN4O2/c22-17-3-5-18(6-4-17)25-8-10-26(11-9-25)21(23)24-15-16-2-7-19-20(14-16)28-13-1-12-27-19/h2-7,14H,1,8-13,15H2,(H2,23,24). The van der Waals surface area contributed by atoms with Gasteiger partial charge < -0.3 is 25.0 Å². The van der Waals surface area contributed by atoms with E-state index >= 15 is 0 Å². The summed E-state index contributed by atoms with van der Waals surface area (Å²) in [6.45, 7) is 5.07. The number of piperazine rings is 1. The van der Waals surface area contributed by atoms with Crippen molar-refractivity contribution in [3.63, 3.8) is 0 Å². The molecular weight excluding hydrogens is 359 g/mol. The van der Waals surface area contributed by atoms with Gasteiger partial charge in [-0.15, -0.1) is 0 Å². The minimum absolute atomic E-state index is 0.214. The Balaban J connectivity index is 1.33. The minimum atomic E-state index is -0.214. The molecule has 0 amide bonds. The molecule has 0 aromatic heterocycles. The van der Waals surface area contributed by atoms with Gasteiger partial charge in [0.05, 0.1) is 19.8 Å². The molecule has 2 aromatic carbocycles. The molecule has 28 heavy (non-hydrogen) atoms. The molecule has 0 radical (unpaired) electrons. The minimum Gasteiger partial charge on any atom is -0.490 e. The lowest BCUT2D eigenvalue weighted by Gasteiger charge is -2.36. The third kappa shape index (κ3) is 4.30. The molecule has 4 rings (SSSR count). The zero-order chi connectivity index (χ0) is 19.3. The van der Waals surface area contributed by atoms with Gasteiger partial charge in [-0.2, -0.15) is 0 Å². The predicted molar refractivity (Wildman–Crippen MR) is 108 cm³/mol. The van der Waals surface area contributed by atoms with Crippen molar-refractivity contribution in [2.45, 2.75) is 13.0 Å². The third-order valence-corrected chi connectivity index (χ3v) is 5.03. The second-order valence-electron chi connectivity index (χ2n) is 6.96. The summed E-state index contributed by atoms with van der Waals surface area (Å²) in [7, 11) is 0. The molecule has 0 bridgehead atoms. The Morgan fingerprint density at radius 1 is 0.964 bits per heavy atom. The Hall–Kier alpha value is -2.96. The van der Waals surface area contributed by atoms with Crippen LogP contribution in [0.15, 0.2) is 47.5 Å². The fraction of sp³-hybridized carbons (Fsp3) is 0.381. The van der Waals surface area contributed by atoms with E-state index in [2.05, 4.69) is 14.8 Å². The first-order valence-electron chi connectivity index (χ1n) is 9.63. The maximum absolute atomic E-state index is 13.1. The third-order valence-electron chi connectivity index (χ3n) is 5.03. The molecule has 148 valence electrons. The first kappa shape index (κ1) is 18.4. The van der Waals surface area contributed by atoms with Crippen LogP contribution in [0.3, 0.4) is 0 Å². The first-order chi connectivity index (χ1) is 13.7. The van der Waals surface area contributed by atoms with Crippen LogP contribution >= 0.6 is 0 Å². The van der Waals surface area contributed by atoms with Gasteiger partial charge in [-0.25, -0.2) is 9.38 Å². The largest absolute Gasteiger partial charge is 0.490 e. The summed E-state index contributed by atoms with van der Waals surface area (Å²) in [5.74, 6) is 1.89. The van der Waals surface area contributed by atoms with Gasteiger partial charge in [0.2, 0.25) is 0 Å². The number of hydrogen-bond donors (Lipinski definition) is 1. The number of aliphatic imine (C=N–C) groups is 1. The van der Waals surface area contributed by atoms with Gasteiger partial charge in [-0.3, -0.25) is 0 Å². The number of hydrogen-bond acceptors (Lipinski definition) is 4. The topological polar surface area (TPSA) is 63.3 Å². The van der Waals surface area contributed by atoms with Crippen LogP contribution < -0.4 is 20.1 Å². The number of benzene rings is 2. The van der Waals surface area contributed by atoms with Crippen LogP contribution in [0.25, 0.3) is 0 Å². The number of anilines is 1. The number of guanidine groups is 1. The van der Waals surface area contributed by atoms with Gasteiger partial charge in [-0.05, 0) is 42.0 Å². The maximum Gasteiger partial charge on any atom is 0.191 e. The van der Waals surface area contributed by atoms with E-state index in [1.165, 1.54) is 12.1 Å². The number of nitrogens with zero attached hydrogens (tertiary/aromatic N) is 3. The second kappa shape index (κ2) is 8.37. The van der Waals surface area contributed by atoms with Gasteiger partial charge in [0.25, 0.3) is 0 Å². The van der Waals surface area contributed by atoms with E-state index in [0.717, 1.165) is 55.3 Å². The summed E-state index contributed by atoms with van der Waals surface area (Å²) in [5.41, 5.74) is 8.29. The number of halogens is 1. The highest BCUT2D eigenvalue weighted by Gasteiger charge is 2.18. The summed E-state index contributed by atoms with van der Waals surface area (Å²) in [6, 6.07) is 12.5. The van der Waals surface area contributed by atoms with E-state index in [-0.39, 0.29) is 5.82 Å². The van der Waals surface area contributed by atoms with Crippen LogP contribution in [-0.4, -0.2) is 50.3 Å². The molecule has 6 nitrogen and oxygen atoms in total. The highest BCUT2D eigenvalue weighted by atomic mass is 19.1. The molecule has 2 N–H and O–H groups in total. The van der Waals surface area contributed by atoms with E-state index < -0.39 is 0 Å². The van der Waals surface area contributed by atoms with E-state index in [0.29, 0.717) is 25.7 Å². The average Bonchev–Trinajstić information content (AvgIpc) is 2.98. The van der Waals surface area contributed by atoms with Crippen molar-refractivity contribution in [3.05, 3.63) is 53.8 Å². The summed E-state index contributed by atoms with van der Waals surface area (Å²) in [6.07, 6.45) is 0.888. The van der Waals surface area contributed by atoms with Crippen molar-refractivity contribution in [1.82, 2.24) is 4.90 Å². The Labute approximate surface area is 164 Å². The van der Waals surface area contributed by atoms with Crippen LogP contribution in [0, 0.1) is 5.82 Å². The lowest BCUT2D eigenvalue weighted by molar-refractivity contribution is 0.297. The van der Waals surface area contributed by atoms with Crippen LogP contribution in [0.1, 0.15) is 12.0 Å². The second-order valence-corrected chi connectivity index (χ2v) is 6.96. The number of nitrogens with two attached hydrogens (primary N) is 1. The average molecular weight is 384 g/mol. The van der Waals surface area contributed by atoms with Crippen LogP contribution in [-0.2, 0) is 6.54 Å². The monoisotopic (exact) mass is 384 g/mol. The highest BCUT2D eigenvalue weighted by molar-refractivity contribution is 5.78. The molecule has 1 saturated heterocycles. The number of ether oxygens (including phenoxy) is 2. The molecule has 0 atom stereocenters. The summed E-state index contributed by atoms with van der Waals surface area (Å²) in [4.78, 5) is 8.87. The van der Waals surface area contributed by atoms with E-state index in [1.807, 2.05) is 30.3 Å². The Kier molecular flexibility index (Phi) is 5.50. The van der Waals surface area contributed by atoms with E-state index in [1.54, 1.807) is 0 Å². The van der Waals surface area contributed by atoms with Crippen molar-refractivity contribution >= 4 is 11.6 Å². The van der Waals surface area contributed by atoms with Crippen molar-refractivity contribution in [2.75, 3.05) is 44.3 Å². The van der Waals surface area contributed by atoms with Crippen molar-refractivity contribution in [3.8, 4) is 11.5 Å². The lowest BCUT2D eigenvalue weighted by Crippen LogP contribution is -2.51. The fourth-order valence-corrected chi connectivity index (χ4v) is 3.42. The molecular formula is C21H25FN4O2. The molecule has 2 aliphatic rings. The summed E-state index contributed by atoms with van der Waals surface area (Å²) < 4.78 is 24.5.